The largest absolute Gasteiger partial charge is 2.00 e. The van der Waals surface area contributed by atoms with Gasteiger partial charge in [-0.3, -0.25) is 19.2 Å². The molecule has 0 saturated carbocycles. The number of rotatable bonds is 19. The van der Waals surface area contributed by atoms with E-state index in [0.29, 0.717) is 5.56 Å². The second-order valence-electron chi connectivity index (χ2n) is 11.5. The zero-order valence-electron chi connectivity index (χ0n) is 33.0. The minimum atomic E-state index is -4.19. The third-order valence-electron chi connectivity index (χ3n) is 5.63. The maximum atomic E-state index is 11.4. The number of carbonyl (C=O) groups is 4. The fourth-order valence-corrected chi connectivity index (χ4v) is 4.98. The molecule has 0 aliphatic heterocycles. The van der Waals surface area contributed by atoms with E-state index in [0.717, 1.165) is 0 Å². The van der Waals surface area contributed by atoms with E-state index in [-0.39, 0.29) is 221 Å². The van der Waals surface area contributed by atoms with Crippen LogP contribution < -0.4 is 21.3 Å². The van der Waals surface area contributed by atoms with Gasteiger partial charge in [0.2, 0.25) is 17.7 Å². The zero-order chi connectivity index (χ0) is 41.9. The second kappa shape index (κ2) is 39.9. The first-order chi connectivity index (χ1) is 24.1. The van der Waals surface area contributed by atoms with Crippen molar-refractivity contribution in [3.05, 3.63) is 35.9 Å². The molecule has 0 heterocycles. The SMILES string of the molecule is CC(=O)NCCCS(=O)(=O)[O-].CC(C)C(=O)NCCCS(=O)(=O)[O-].CC(C)C(=O)NCCCS(=O)(=O)[O-].O=C(NCCCS(=O)(=O)[O-])c1ccccc1.[Mg+2].[Sr+2].[Sr+2].[Zn+2]. The molecule has 4 amide bonds. The van der Waals surface area contributed by atoms with Gasteiger partial charge in [-0.25, -0.2) is 33.7 Å². The van der Waals surface area contributed by atoms with Gasteiger partial charge in [0.25, 0.3) is 5.91 Å². The smallest absolute Gasteiger partial charge is 0.748 e. The number of hydrogen-bond donors (Lipinski definition) is 4. The average Bonchev–Trinajstić information content (AvgIpc) is 3.01. The van der Waals surface area contributed by atoms with Crippen molar-refractivity contribution < 1.29 is 90.5 Å². The number of carbonyl (C=O) groups excluding carboxylic acids is 4. The molecule has 0 bridgehead atoms. The molecule has 0 spiro atoms. The van der Waals surface area contributed by atoms with Gasteiger partial charge in [0.05, 0.1) is 40.5 Å². The molecule has 0 unspecified atom stereocenters. The summed E-state index contributed by atoms with van der Waals surface area (Å²) in [5.74, 6) is -2.75. The third-order valence-corrected chi connectivity index (χ3v) is 8.78. The molecule has 0 fully saturated rings. The second-order valence-corrected chi connectivity index (χ2v) is 17.6. The van der Waals surface area contributed by atoms with Crippen LogP contribution >= 0.6 is 0 Å². The predicted molar refractivity (Wildman–Crippen MR) is 207 cm³/mol. The summed E-state index contributed by atoms with van der Waals surface area (Å²) in [6.07, 6.45) is 0.643. The van der Waals surface area contributed by atoms with Crippen molar-refractivity contribution in [1.29, 1.82) is 0 Å². The first-order valence-electron chi connectivity index (χ1n) is 15.9. The molecular weight excluding hydrogens is 1050 g/mol. The Hall–Kier alpha value is 1.09. The van der Waals surface area contributed by atoms with E-state index >= 15 is 0 Å². The van der Waals surface area contributed by atoms with Crippen molar-refractivity contribution in [2.24, 2.45) is 11.8 Å². The molecule has 0 radical (unpaired) electrons. The Morgan fingerprint density at radius 2 is 0.789 bits per heavy atom. The Balaban J connectivity index is -0.000000115. The van der Waals surface area contributed by atoms with E-state index in [2.05, 4.69) is 21.3 Å². The van der Waals surface area contributed by atoms with Crippen LogP contribution in [0.15, 0.2) is 30.3 Å². The van der Waals surface area contributed by atoms with Gasteiger partial charge in [-0.05, 0) is 37.8 Å². The Labute approximate surface area is 440 Å². The molecule has 4 N–H and O–H groups in total. The molecule has 20 nitrogen and oxygen atoms in total. The average molecular weight is 1100 g/mol. The molecule has 0 atom stereocenters. The normalized spacial score (nSPS) is 10.6. The maximum absolute atomic E-state index is 11.4. The number of benzene rings is 1. The van der Waals surface area contributed by atoms with Crippen molar-refractivity contribution >= 4 is 178 Å². The fraction of sp³-hybridized carbons (Fsp3) is 0.655. The monoisotopic (exact) mass is 1100 g/mol. The fourth-order valence-electron chi connectivity index (χ4n) is 2.99. The van der Waals surface area contributed by atoms with Crippen LogP contribution in [0.5, 0.6) is 0 Å². The Bertz CT molecular complexity index is 1640. The summed E-state index contributed by atoms with van der Waals surface area (Å²) in [7, 11) is -16.6. The quantitative estimate of drug-likeness (QED) is 0.0640. The maximum Gasteiger partial charge on any atom is 2.00 e. The number of hydrogen-bond acceptors (Lipinski definition) is 16. The van der Waals surface area contributed by atoms with Crippen LogP contribution in [0.25, 0.3) is 0 Å². The molecule has 0 aliphatic rings. The van der Waals surface area contributed by atoms with Crippen LogP contribution in [0.4, 0.5) is 0 Å². The van der Waals surface area contributed by atoms with Crippen LogP contribution in [0.2, 0.25) is 0 Å². The standard InChI is InChI=1S/C10H13NO4S.2C7H15NO4S.C5H11NO4S.Mg.2Sr.Zn/c12-10(9-5-2-1-3-6-9)11-7-4-8-16(13,14)15;2*1-6(2)7(9)8-4-3-5-13(10,11)12;1-5(7)6-3-2-4-11(8,9)10;;;;/h1-3,5-6H,4,7-8H2,(H,11,12)(H,13,14,15);2*6H,3-5H2,1-2H3,(H,8,9)(H,10,11,12);2-4H2,1H3,(H,6,7)(H,8,9,10);;;;/q;;;;4*+2/p-4. The van der Waals surface area contributed by atoms with Gasteiger partial charge in [0.15, 0.2) is 0 Å². The van der Waals surface area contributed by atoms with E-state index in [4.69, 9.17) is 0 Å². The molecule has 1 aromatic carbocycles. The van der Waals surface area contributed by atoms with Gasteiger partial charge < -0.3 is 39.5 Å². The number of amides is 4. The molecule has 28 heteroatoms. The van der Waals surface area contributed by atoms with Gasteiger partial charge in [-0.15, -0.1) is 0 Å². The van der Waals surface area contributed by atoms with E-state index in [9.17, 15) is 71.1 Å². The minimum absolute atomic E-state index is 0. The topological polar surface area (TPSA) is 345 Å². The summed E-state index contributed by atoms with van der Waals surface area (Å²) in [6, 6.07) is 8.56. The summed E-state index contributed by atoms with van der Waals surface area (Å²) in [4.78, 5) is 43.5. The first kappa shape index (κ1) is 72.5. The Kier molecular flexibility index (Phi) is 50.8. The van der Waals surface area contributed by atoms with Crippen LogP contribution in [-0.2, 0) is 74.3 Å². The summed E-state index contributed by atoms with van der Waals surface area (Å²) >= 11 is 0. The summed E-state index contributed by atoms with van der Waals surface area (Å²) in [6.45, 7) is 9.15. The van der Waals surface area contributed by atoms with Crippen LogP contribution in [0.3, 0.4) is 0 Å². The van der Waals surface area contributed by atoms with E-state index in [1.807, 2.05) is 0 Å². The predicted octanol–water partition coefficient (Wildman–Crippen LogP) is -2.35. The number of nitrogens with one attached hydrogen (secondary N) is 4. The van der Waals surface area contributed by atoms with E-state index < -0.39 is 63.5 Å². The minimum Gasteiger partial charge on any atom is -0.748 e. The molecule has 310 valence electrons. The van der Waals surface area contributed by atoms with Gasteiger partial charge in [-0.2, -0.15) is 0 Å². The molecule has 0 saturated heterocycles. The summed E-state index contributed by atoms with van der Waals surface area (Å²) in [5.41, 5.74) is 0.507. The van der Waals surface area contributed by atoms with Crippen molar-refractivity contribution in [3.8, 4) is 0 Å². The Morgan fingerprint density at radius 3 is 1.04 bits per heavy atom. The van der Waals surface area contributed by atoms with Crippen molar-refractivity contribution in [2.45, 2.75) is 60.3 Å². The van der Waals surface area contributed by atoms with Crippen LogP contribution in [-0.4, -0.2) is 239 Å². The molecule has 0 aliphatic carbocycles. The molecule has 1 rings (SSSR count). The first-order valence-corrected chi connectivity index (χ1v) is 22.2. The summed E-state index contributed by atoms with van der Waals surface area (Å²) in [5, 5.41) is 9.93. The van der Waals surface area contributed by atoms with Crippen LogP contribution in [0, 0.1) is 11.8 Å². The molecule has 0 aromatic heterocycles. The van der Waals surface area contributed by atoms with E-state index in [1.165, 1.54) is 6.92 Å². The van der Waals surface area contributed by atoms with Gasteiger partial charge in [-0.1, -0.05) is 45.9 Å². The van der Waals surface area contributed by atoms with Crippen molar-refractivity contribution in [2.75, 3.05) is 49.2 Å². The van der Waals surface area contributed by atoms with Crippen molar-refractivity contribution in [1.82, 2.24) is 21.3 Å². The van der Waals surface area contributed by atoms with Crippen molar-refractivity contribution in [3.63, 3.8) is 0 Å². The molecule has 57 heavy (non-hydrogen) atoms. The third kappa shape index (κ3) is 61.5. The Morgan fingerprint density at radius 1 is 0.526 bits per heavy atom. The zero-order valence-corrected chi connectivity index (χ0v) is 47.6. The van der Waals surface area contributed by atoms with Gasteiger partial charge >= 0.3 is 133 Å². The summed E-state index contributed by atoms with van der Waals surface area (Å²) < 4.78 is 122. The van der Waals surface area contributed by atoms with E-state index in [1.54, 1.807) is 58.0 Å². The molecular formula is C29H50MgN4O16S4Sr2Zn+4. The van der Waals surface area contributed by atoms with Gasteiger partial charge in [0, 0.05) is 73.5 Å². The van der Waals surface area contributed by atoms with Gasteiger partial charge in [0.1, 0.15) is 0 Å². The van der Waals surface area contributed by atoms with Crippen LogP contribution in [0.1, 0.15) is 70.7 Å². The molecule has 1 aromatic rings.